The second-order valence-corrected chi connectivity index (χ2v) is 7.65. The molecule has 0 aliphatic rings. The van der Waals surface area contributed by atoms with Gasteiger partial charge in [-0.2, -0.15) is 0 Å². The van der Waals surface area contributed by atoms with Gasteiger partial charge in [0.2, 0.25) is 5.91 Å². The Kier molecular flexibility index (Phi) is 4.17. The van der Waals surface area contributed by atoms with Crippen LogP contribution in [0.2, 0.25) is 0 Å². The van der Waals surface area contributed by atoms with Crippen molar-refractivity contribution < 1.29 is 13.2 Å². The Morgan fingerprint density at radius 3 is 2.60 bits per heavy atom. The molecule has 0 aliphatic heterocycles. The number of carbonyl (C=O) groups excluding carboxylic acids is 1. The van der Waals surface area contributed by atoms with Crippen LogP contribution in [0.1, 0.15) is 15.9 Å². The molecule has 3 N–H and O–H groups in total. The number of anilines is 1. The quantitative estimate of drug-likeness (QED) is 0.861. The number of primary amides is 1. The summed E-state index contributed by atoms with van der Waals surface area (Å²) in [4.78, 5) is 11.3. The predicted molar refractivity (Wildman–Crippen MR) is 82.5 cm³/mol. The third-order valence-electron chi connectivity index (χ3n) is 2.67. The molecule has 0 aliphatic carbocycles. The van der Waals surface area contributed by atoms with Gasteiger partial charge in [0, 0.05) is 10.0 Å². The molecule has 0 saturated carbocycles. The van der Waals surface area contributed by atoms with Crippen molar-refractivity contribution in [1.82, 2.24) is 0 Å². The number of hydrogen-bond donors (Lipinski definition) is 2. The molecule has 0 spiro atoms. The largest absolute Gasteiger partial charge is 0.366 e. The van der Waals surface area contributed by atoms with E-state index >= 15 is 0 Å². The van der Waals surface area contributed by atoms with E-state index in [-0.39, 0.29) is 9.77 Å². The van der Waals surface area contributed by atoms with Crippen LogP contribution in [0.5, 0.6) is 0 Å². The minimum absolute atomic E-state index is 0.182. The summed E-state index contributed by atoms with van der Waals surface area (Å²) in [6, 6.07) is 6.37. The first-order valence-electron chi connectivity index (χ1n) is 5.48. The molecule has 1 heterocycles. The lowest BCUT2D eigenvalue weighted by Gasteiger charge is -2.11. The summed E-state index contributed by atoms with van der Waals surface area (Å²) in [5.74, 6) is -0.596. The molecule has 0 atom stereocenters. The number of sulfonamides is 1. The minimum Gasteiger partial charge on any atom is -0.366 e. The van der Waals surface area contributed by atoms with Crippen molar-refractivity contribution in [3.05, 3.63) is 45.2 Å². The summed E-state index contributed by atoms with van der Waals surface area (Å²) < 4.78 is 27.7. The second kappa shape index (κ2) is 5.55. The standard InChI is InChI=1S/C12H11BrN2O3S2/c1-7-8(11(14)16)3-2-4-10(7)15-20(17,18)12-9(13)5-6-19-12/h2-6,15H,1H3,(H2,14,16). The summed E-state index contributed by atoms with van der Waals surface area (Å²) in [6.07, 6.45) is 0. The van der Waals surface area contributed by atoms with Crippen LogP contribution < -0.4 is 10.5 Å². The highest BCUT2D eigenvalue weighted by Gasteiger charge is 2.21. The lowest BCUT2D eigenvalue weighted by Crippen LogP contribution is -2.16. The molecule has 0 radical (unpaired) electrons. The van der Waals surface area contributed by atoms with Crippen molar-refractivity contribution in [3.63, 3.8) is 0 Å². The first kappa shape index (κ1) is 15.0. The maximum atomic E-state index is 12.3. The van der Waals surface area contributed by atoms with Gasteiger partial charge in [0.25, 0.3) is 10.0 Å². The number of carbonyl (C=O) groups is 1. The molecule has 0 bridgehead atoms. The smallest absolute Gasteiger partial charge is 0.272 e. The third-order valence-corrected chi connectivity index (χ3v) is 6.71. The second-order valence-electron chi connectivity index (χ2n) is 4.00. The number of rotatable bonds is 4. The van der Waals surface area contributed by atoms with Crippen LogP contribution in [-0.2, 0) is 10.0 Å². The number of halogens is 1. The molecule has 1 aromatic carbocycles. The van der Waals surface area contributed by atoms with E-state index in [1.165, 1.54) is 0 Å². The Hall–Kier alpha value is -1.38. The van der Waals surface area contributed by atoms with Crippen LogP contribution in [0.25, 0.3) is 0 Å². The predicted octanol–water partition coefficient (Wildman–Crippen LogP) is 2.72. The molecule has 1 amide bonds. The zero-order valence-corrected chi connectivity index (χ0v) is 13.6. The summed E-state index contributed by atoms with van der Waals surface area (Å²) in [7, 11) is -3.70. The zero-order chi connectivity index (χ0) is 14.9. The van der Waals surface area contributed by atoms with Gasteiger partial charge in [0.05, 0.1) is 5.69 Å². The summed E-state index contributed by atoms with van der Waals surface area (Å²) in [5, 5.41) is 1.67. The van der Waals surface area contributed by atoms with E-state index in [2.05, 4.69) is 20.7 Å². The highest BCUT2D eigenvalue weighted by molar-refractivity contribution is 9.10. The topological polar surface area (TPSA) is 89.3 Å². The van der Waals surface area contributed by atoms with Crippen LogP contribution in [0.3, 0.4) is 0 Å². The molecular formula is C12H11BrN2O3S2. The monoisotopic (exact) mass is 374 g/mol. The van der Waals surface area contributed by atoms with E-state index in [0.717, 1.165) is 11.3 Å². The third kappa shape index (κ3) is 2.87. The number of amides is 1. The first-order chi connectivity index (χ1) is 9.33. The van der Waals surface area contributed by atoms with E-state index in [9.17, 15) is 13.2 Å². The number of nitrogens with one attached hydrogen (secondary N) is 1. The highest BCUT2D eigenvalue weighted by atomic mass is 79.9. The number of benzene rings is 1. The lowest BCUT2D eigenvalue weighted by molar-refractivity contribution is 0.0999. The summed E-state index contributed by atoms with van der Waals surface area (Å²) in [5.41, 5.74) is 6.36. The molecule has 2 aromatic rings. The fourth-order valence-corrected chi connectivity index (χ4v) is 5.14. The summed E-state index contributed by atoms with van der Waals surface area (Å²) in [6.45, 7) is 1.64. The average molecular weight is 375 g/mol. The first-order valence-corrected chi connectivity index (χ1v) is 8.64. The Labute approximate surface area is 129 Å². The van der Waals surface area contributed by atoms with Gasteiger partial charge < -0.3 is 5.73 Å². The van der Waals surface area contributed by atoms with Crippen molar-refractivity contribution in [2.75, 3.05) is 4.72 Å². The van der Waals surface area contributed by atoms with Crippen molar-refractivity contribution in [3.8, 4) is 0 Å². The maximum absolute atomic E-state index is 12.3. The van der Waals surface area contributed by atoms with E-state index in [0.29, 0.717) is 15.7 Å². The van der Waals surface area contributed by atoms with Crippen LogP contribution >= 0.6 is 27.3 Å². The minimum atomic E-state index is -3.70. The Morgan fingerprint density at radius 2 is 2.05 bits per heavy atom. The molecule has 0 saturated heterocycles. The van der Waals surface area contributed by atoms with Crippen LogP contribution in [-0.4, -0.2) is 14.3 Å². The SMILES string of the molecule is Cc1c(NS(=O)(=O)c2sccc2Br)cccc1C(N)=O. The highest BCUT2D eigenvalue weighted by Crippen LogP contribution is 2.30. The molecule has 8 heteroatoms. The number of thiophene rings is 1. The molecule has 2 rings (SSSR count). The Morgan fingerprint density at radius 1 is 1.35 bits per heavy atom. The van der Waals surface area contributed by atoms with Gasteiger partial charge >= 0.3 is 0 Å². The van der Waals surface area contributed by atoms with Crippen LogP contribution in [0, 0.1) is 6.92 Å². The molecule has 0 unspecified atom stereocenters. The van der Waals surface area contributed by atoms with Crippen LogP contribution in [0.4, 0.5) is 5.69 Å². The van der Waals surface area contributed by atoms with E-state index in [1.54, 1.807) is 36.6 Å². The number of hydrogen-bond acceptors (Lipinski definition) is 4. The fraction of sp³-hybridized carbons (Fsp3) is 0.0833. The Balaban J connectivity index is 2.43. The fourth-order valence-electron chi connectivity index (χ4n) is 1.68. The van der Waals surface area contributed by atoms with Gasteiger partial charge in [-0.15, -0.1) is 11.3 Å². The normalized spacial score (nSPS) is 11.3. The molecule has 0 fully saturated rings. The van der Waals surface area contributed by atoms with E-state index in [4.69, 9.17) is 5.73 Å². The van der Waals surface area contributed by atoms with Crippen molar-refractivity contribution in [1.29, 1.82) is 0 Å². The average Bonchev–Trinajstić information content (AvgIpc) is 2.78. The van der Waals surface area contributed by atoms with E-state index < -0.39 is 15.9 Å². The molecular weight excluding hydrogens is 364 g/mol. The molecule has 1 aromatic heterocycles. The van der Waals surface area contributed by atoms with E-state index in [1.807, 2.05) is 0 Å². The van der Waals surface area contributed by atoms with Crippen LogP contribution in [0.15, 0.2) is 38.3 Å². The van der Waals surface area contributed by atoms with Gasteiger partial charge in [-0.25, -0.2) is 8.42 Å². The van der Waals surface area contributed by atoms with Gasteiger partial charge in [-0.1, -0.05) is 6.07 Å². The van der Waals surface area contributed by atoms with Crippen molar-refractivity contribution >= 4 is 48.9 Å². The van der Waals surface area contributed by atoms with Gasteiger partial charge in [0.1, 0.15) is 0 Å². The van der Waals surface area contributed by atoms with Crippen molar-refractivity contribution in [2.45, 2.75) is 11.1 Å². The molecule has 5 nitrogen and oxygen atoms in total. The lowest BCUT2D eigenvalue weighted by atomic mass is 10.1. The van der Waals surface area contributed by atoms with Gasteiger partial charge in [-0.3, -0.25) is 9.52 Å². The molecule has 106 valence electrons. The van der Waals surface area contributed by atoms with Crippen molar-refractivity contribution in [2.24, 2.45) is 5.73 Å². The maximum Gasteiger partial charge on any atom is 0.272 e. The zero-order valence-electron chi connectivity index (χ0n) is 10.4. The van der Waals surface area contributed by atoms with Gasteiger partial charge in [0.15, 0.2) is 4.21 Å². The summed E-state index contributed by atoms with van der Waals surface area (Å²) >= 11 is 4.29. The number of nitrogens with two attached hydrogens (primary N) is 1. The Bertz CT molecular complexity index is 769. The van der Waals surface area contributed by atoms with Gasteiger partial charge in [-0.05, 0) is 52.0 Å². The molecule has 20 heavy (non-hydrogen) atoms.